The lowest BCUT2D eigenvalue weighted by molar-refractivity contribution is -0.123. The minimum atomic E-state index is -0.469. The van der Waals surface area contributed by atoms with Crippen LogP contribution in [0.15, 0.2) is 53.4 Å². The molecular weight excluding hydrogens is 365 g/mol. The van der Waals surface area contributed by atoms with Crippen LogP contribution >= 0.6 is 35.6 Å². The fraction of sp³-hybridized carbons (Fsp3) is 0.111. The quantitative estimate of drug-likeness (QED) is 0.524. The van der Waals surface area contributed by atoms with Crippen molar-refractivity contribution < 1.29 is 9.18 Å². The Kier molecular flexibility index (Phi) is 5.04. The molecule has 0 spiro atoms. The van der Waals surface area contributed by atoms with Crippen LogP contribution in [0.25, 0.3) is 6.08 Å². The molecule has 24 heavy (non-hydrogen) atoms. The molecule has 6 heteroatoms. The first-order valence-electron chi connectivity index (χ1n) is 7.25. The highest BCUT2D eigenvalue weighted by atomic mass is 35.5. The van der Waals surface area contributed by atoms with E-state index in [0.29, 0.717) is 9.23 Å². The van der Waals surface area contributed by atoms with Gasteiger partial charge in [-0.2, -0.15) is 0 Å². The molecule has 1 atom stereocenters. The number of halogens is 2. The third-order valence-corrected chi connectivity index (χ3v) is 5.43. The Balaban J connectivity index is 1.94. The molecule has 2 nitrogen and oxygen atoms in total. The molecule has 1 heterocycles. The molecule has 0 bridgehead atoms. The van der Waals surface area contributed by atoms with Crippen molar-refractivity contribution in [2.45, 2.75) is 13.0 Å². The van der Waals surface area contributed by atoms with E-state index in [9.17, 15) is 9.18 Å². The average Bonchev–Trinajstić information content (AvgIpc) is 2.85. The molecule has 2 aromatic carbocycles. The molecule has 122 valence electrons. The molecule has 1 aliphatic heterocycles. The van der Waals surface area contributed by atoms with Crippen LogP contribution in [0.1, 0.15) is 24.1 Å². The van der Waals surface area contributed by atoms with Crippen LogP contribution in [0.4, 0.5) is 4.39 Å². The molecule has 0 aliphatic carbocycles. The number of amides is 1. The molecule has 3 rings (SSSR count). The van der Waals surface area contributed by atoms with Crippen LogP contribution < -0.4 is 0 Å². The molecule has 0 N–H and O–H groups in total. The second-order valence-electron chi connectivity index (χ2n) is 5.27. The lowest BCUT2D eigenvalue weighted by Gasteiger charge is -2.23. The number of hydrogen-bond donors (Lipinski definition) is 0. The zero-order valence-corrected chi connectivity index (χ0v) is 15.1. The van der Waals surface area contributed by atoms with Crippen LogP contribution in [-0.4, -0.2) is 15.1 Å². The zero-order valence-electron chi connectivity index (χ0n) is 12.7. The monoisotopic (exact) mass is 377 g/mol. The van der Waals surface area contributed by atoms with Gasteiger partial charge >= 0.3 is 0 Å². The molecule has 0 aromatic heterocycles. The van der Waals surface area contributed by atoms with Crippen molar-refractivity contribution in [3.63, 3.8) is 0 Å². The number of carbonyl (C=O) groups excluding carboxylic acids is 1. The minimum Gasteiger partial charge on any atom is -0.286 e. The Hall–Kier alpha value is -1.69. The number of hydrogen-bond acceptors (Lipinski definition) is 3. The summed E-state index contributed by atoms with van der Waals surface area (Å²) in [7, 11) is 0. The van der Waals surface area contributed by atoms with Gasteiger partial charge in [-0.05, 0) is 30.7 Å². The second-order valence-corrected chi connectivity index (χ2v) is 7.36. The van der Waals surface area contributed by atoms with E-state index in [1.165, 1.54) is 18.2 Å². The largest absolute Gasteiger partial charge is 0.286 e. The van der Waals surface area contributed by atoms with Crippen molar-refractivity contribution in [2.75, 3.05) is 0 Å². The summed E-state index contributed by atoms with van der Waals surface area (Å²) in [6.07, 6.45) is 1.47. The van der Waals surface area contributed by atoms with Crippen molar-refractivity contribution in [3.05, 3.63) is 75.4 Å². The van der Waals surface area contributed by atoms with Crippen molar-refractivity contribution in [1.82, 2.24) is 4.90 Å². The first-order valence-corrected chi connectivity index (χ1v) is 8.85. The van der Waals surface area contributed by atoms with E-state index >= 15 is 0 Å². The normalized spacial score (nSPS) is 17.6. The van der Waals surface area contributed by atoms with Crippen LogP contribution in [-0.2, 0) is 4.79 Å². The fourth-order valence-corrected chi connectivity index (χ4v) is 4.09. The Morgan fingerprint density at radius 3 is 2.58 bits per heavy atom. The summed E-state index contributed by atoms with van der Waals surface area (Å²) in [4.78, 5) is 14.7. The SMILES string of the molecule is C[C@H](c1ccccc1)N1C(=O)/C(=C/c2c(F)cccc2Cl)SC1=S. The van der Waals surface area contributed by atoms with Crippen molar-refractivity contribution in [1.29, 1.82) is 0 Å². The summed E-state index contributed by atoms with van der Waals surface area (Å²) < 4.78 is 14.4. The number of rotatable bonds is 3. The highest BCUT2D eigenvalue weighted by Crippen LogP contribution is 2.38. The maximum Gasteiger partial charge on any atom is 0.266 e. The van der Waals surface area contributed by atoms with Crippen LogP contribution in [0.2, 0.25) is 5.02 Å². The van der Waals surface area contributed by atoms with Crippen molar-refractivity contribution in [2.24, 2.45) is 0 Å². The molecule has 0 saturated carbocycles. The van der Waals surface area contributed by atoms with Gasteiger partial charge in [-0.25, -0.2) is 4.39 Å². The van der Waals surface area contributed by atoms with Gasteiger partial charge in [0.25, 0.3) is 5.91 Å². The van der Waals surface area contributed by atoms with Crippen LogP contribution in [0.3, 0.4) is 0 Å². The average molecular weight is 378 g/mol. The maximum atomic E-state index is 14.0. The number of carbonyl (C=O) groups is 1. The Bertz CT molecular complexity index is 818. The first kappa shape index (κ1) is 17.1. The molecule has 1 fully saturated rings. The fourth-order valence-electron chi connectivity index (χ4n) is 2.47. The van der Waals surface area contributed by atoms with E-state index in [1.54, 1.807) is 11.0 Å². The minimum absolute atomic E-state index is 0.194. The smallest absolute Gasteiger partial charge is 0.266 e. The Labute approximate surface area is 154 Å². The van der Waals surface area contributed by atoms with Gasteiger partial charge in [-0.15, -0.1) is 0 Å². The first-order chi connectivity index (χ1) is 11.5. The molecule has 0 unspecified atom stereocenters. The predicted molar refractivity (Wildman–Crippen MR) is 101 cm³/mol. The highest BCUT2D eigenvalue weighted by molar-refractivity contribution is 8.26. The van der Waals surface area contributed by atoms with E-state index in [1.807, 2.05) is 37.3 Å². The number of benzene rings is 2. The predicted octanol–water partition coefficient (Wildman–Crippen LogP) is 5.44. The molecule has 0 radical (unpaired) electrons. The van der Waals surface area contributed by atoms with Gasteiger partial charge in [0.2, 0.25) is 0 Å². The van der Waals surface area contributed by atoms with Gasteiger partial charge in [0.1, 0.15) is 10.1 Å². The molecule has 1 amide bonds. The Morgan fingerprint density at radius 1 is 1.21 bits per heavy atom. The summed E-state index contributed by atoms with van der Waals surface area (Å²) in [5, 5.41) is 0.261. The van der Waals surface area contributed by atoms with E-state index in [2.05, 4.69) is 0 Å². The molecule has 2 aromatic rings. The lowest BCUT2D eigenvalue weighted by Crippen LogP contribution is -2.30. The third kappa shape index (κ3) is 3.24. The van der Waals surface area contributed by atoms with Crippen molar-refractivity contribution in [3.8, 4) is 0 Å². The van der Waals surface area contributed by atoms with Gasteiger partial charge in [-0.1, -0.05) is 72.0 Å². The standard InChI is InChI=1S/C18H13ClFNOS2/c1-11(12-6-3-2-4-7-12)21-17(22)16(24-18(21)23)10-13-14(19)8-5-9-15(13)20/h2-11H,1H3/b16-10-/t11-/m1/s1. The molecular formula is C18H13ClFNOS2. The van der Waals surface area contributed by atoms with Gasteiger partial charge < -0.3 is 0 Å². The molecule has 1 saturated heterocycles. The van der Waals surface area contributed by atoms with E-state index in [-0.39, 0.29) is 22.5 Å². The summed E-state index contributed by atoms with van der Waals surface area (Å²) >= 11 is 12.5. The number of nitrogens with zero attached hydrogens (tertiary/aromatic N) is 1. The maximum absolute atomic E-state index is 14.0. The summed E-state index contributed by atoms with van der Waals surface area (Å²) in [6.45, 7) is 1.92. The van der Waals surface area contributed by atoms with Gasteiger partial charge in [0.05, 0.1) is 16.0 Å². The van der Waals surface area contributed by atoms with E-state index in [4.69, 9.17) is 23.8 Å². The van der Waals surface area contributed by atoms with Gasteiger partial charge in [0.15, 0.2) is 0 Å². The highest BCUT2D eigenvalue weighted by Gasteiger charge is 2.36. The van der Waals surface area contributed by atoms with Gasteiger partial charge in [-0.3, -0.25) is 9.69 Å². The third-order valence-electron chi connectivity index (χ3n) is 3.77. The molecule has 1 aliphatic rings. The topological polar surface area (TPSA) is 20.3 Å². The Morgan fingerprint density at radius 2 is 1.92 bits per heavy atom. The van der Waals surface area contributed by atoms with Crippen LogP contribution in [0.5, 0.6) is 0 Å². The summed E-state index contributed by atoms with van der Waals surface area (Å²) in [5.74, 6) is -0.704. The second kappa shape index (κ2) is 7.05. The van der Waals surface area contributed by atoms with E-state index < -0.39 is 5.82 Å². The van der Waals surface area contributed by atoms with Crippen LogP contribution in [0, 0.1) is 5.82 Å². The number of thiocarbonyl (C=S) groups is 1. The lowest BCUT2D eigenvalue weighted by atomic mass is 10.1. The van der Waals surface area contributed by atoms with Gasteiger partial charge in [0, 0.05) is 5.56 Å². The summed E-state index contributed by atoms with van der Waals surface area (Å²) in [6, 6.07) is 13.9. The van der Waals surface area contributed by atoms with Crippen molar-refractivity contribution >= 4 is 51.9 Å². The van der Waals surface area contributed by atoms with E-state index in [0.717, 1.165) is 17.3 Å². The summed E-state index contributed by atoms with van der Waals surface area (Å²) in [5.41, 5.74) is 1.19. The number of thioether (sulfide) groups is 1. The zero-order chi connectivity index (χ0) is 17.3.